The minimum absolute atomic E-state index is 0.407. The van der Waals surface area contributed by atoms with Crippen molar-refractivity contribution >= 4 is 39.5 Å². The number of anilines is 1. The Bertz CT molecular complexity index is 1040. The van der Waals surface area contributed by atoms with Gasteiger partial charge < -0.3 is 15.4 Å². The molecule has 1 aliphatic heterocycles. The molecule has 0 bridgehead atoms. The van der Waals surface area contributed by atoms with Crippen molar-refractivity contribution in [1.29, 1.82) is 0 Å². The number of primary amides is 1. The van der Waals surface area contributed by atoms with Crippen LogP contribution in [0.4, 0.5) is 5.95 Å². The van der Waals surface area contributed by atoms with Gasteiger partial charge in [0.05, 0.1) is 11.1 Å². The standard InChI is InChI=1S/C22H21BrN4O2S/c23-17-5-3-4-15(12-17)14-29-21-19(13-25-22(26-21)27-10-1-2-11-27)30-18-8-6-16(7-9-18)20(24)28/h3-9,12-13H,1-2,10-11,14H2,(H2,24,28). The summed E-state index contributed by atoms with van der Waals surface area (Å²) in [5, 5.41) is 0. The van der Waals surface area contributed by atoms with Gasteiger partial charge in [0, 0.05) is 28.0 Å². The van der Waals surface area contributed by atoms with Crippen LogP contribution in [-0.4, -0.2) is 29.0 Å². The minimum atomic E-state index is -0.442. The summed E-state index contributed by atoms with van der Waals surface area (Å²) in [5.74, 6) is 0.809. The first-order chi connectivity index (χ1) is 14.6. The van der Waals surface area contributed by atoms with Crippen LogP contribution in [0.2, 0.25) is 0 Å². The molecule has 1 saturated heterocycles. The van der Waals surface area contributed by atoms with Gasteiger partial charge in [-0.3, -0.25) is 4.79 Å². The van der Waals surface area contributed by atoms with Crippen molar-refractivity contribution in [3.63, 3.8) is 0 Å². The Morgan fingerprint density at radius 1 is 1.17 bits per heavy atom. The fourth-order valence-electron chi connectivity index (χ4n) is 3.18. The van der Waals surface area contributed by atoms with Gasteiger partial charge >= 0.3 is 0 Å². The Kier molecular flexibility index (Phi) is 6.54. The predicted molar refractivity (Wildman–Crippen MR) is 121 cm³/mol. The lowest BCUT2D eigenvalue weighted by atomic mass is 10.2. The maximum absolute atomic E-state index is 11.3. The third kappa shape index (κ3) is 5.12. The Morgan fingerprint density at radius 2 is 1.93 bits per heavy atom. The van der Waals surface area contributed by atoms with Crippen LogP contribution < -0.4 is 15.4 Å². The number of benzene rings is 2. The zero-order chi connectivity index (χ0) is 20.9. The van der Waals surface area contributed by atoms with Crippen LogP contribution in [0, 0.1) is 0 Å². The monoisotopic (exact) mass is 484 g/mol. The molecule has 6 nitrogen and oxygen atoms in total. The maximum Gasteiger partial charge on any atom is 0.248 e. The highest BCUT2D eigenvalue weighted by molar-refractivity contribution is 9.10. The number of carbonyl (C=O) groups excluding carboxylic acids is 1. The molecule has 0 aliphatic carbocycles. The number of halogens is 1. The van der Waals surface area contributed by atoms with E-state index in [1.165, 1.54) is 11.8 Å². The summed E-state index contributed by atoms with van der Waals surface area (Å²) in [5.41, 5.74) is 6.86. The van der Waals surface area contributed by atoms with Gasteiger partial charge in [-0.05, 0) is 54.8 Å². The molecule has 0 atom stereocenters. The Morgan fingerprint density at radius 3 is 2.63 bits per heavy atom. The molecule has 2 heterocycles. The van der Waals surface area contributed by atoms with Crippen molar-refractivity contribution in [1.82, 2.24) is 9.97 Å². The lowest BCUT2D eigenvalue weighted by Crippen LogP contribution is -2.20. The molecule has 1 amide bonds. The van der Waals surface area contributed by atoms with Crippen molar-refractivity contribution in [2.45, 2.75) is 29.2 Å². The molecule has 1 fully saturated rings. The third-order valence-corrected chi connectivity index (χ3v) is 6.23. The normalized spacial score (nSPS) is 13.4. The van der Waals surface area contributed by atoms with Crippen LogP contribution in [0.3, 0.4) is 0 Å². The van der Waals surface area contributed by atoms with E-state index in [0.29, 0.717) is 24.0 Å². The molecule has 0 radical (unpaired) electrons. The molecule has 4 rings (SSSR count). The highest BCUT2D eigenvalue weighted by Crippen LogP contribution is 2.35. The van der Waals surface area contributed by atoms with Gasteiger partial charge in [-0.2, -0.15) is 4.98 Å². The number of nitrogens with two attached hydrogens (primary N) is 1. The van der Waals surface area contributed by atoms with Gasteiger partial charge in [0.15, 0.2) is 0 Å². The lowest BCUT2D eigenvalue weighted by molar-refractivity contribution is 0.1000. The Hall–Kier alpha value is -2.58. The smallest absolute Gasteiger partial charge is 0.248 e. The first-order valence-corrected chi connectivity index (χ1v) is 11.3. The van der Waals surface area contributed by atoms with Gasteiger partial charge in [0.25, 0.3) is 0 Å². The molecule has 2 aromatic carbocycles. The Labute approximate surface area is 188 Å². The number of carbonyl (C=O) groups is 1. The second-order valence-corrected chi connectivity index (χ2v) is 8.97. The first-order valence-electron chi connectivity index (χ1n) is 9.65. The van der Waals surface area contributed by atoms with Crippen molar-refractivity contribution in [3.8, 4) is 5.88 Å². The van der Waals surface area contributed by atoms with E-state index in [2.05, 4.69) is 25.8 Å². The van der Waals surface area contributed by atoms with E-state index < -0.39 is 5.91 Å². The predicted octanol–water partition coefficient (Wildman–Crippen LogP) is 4.67. The number of amides is 1. The quantitative estimate of drug-likeness (QED) is 0.524. The topological polar surface area (TPSA) is 81.3 Å². The lowest BCUT2D eigenvalue weighted by Gasteiger charge is -2.17. The van der Waals surface area contributed by atoms with E-state index in [-0.39, 0.29) is 0 Å². The molecular formula is C22H21BrN4O2S. The van der Waals surface area contributed by atoms with Crippen LogP contribution >= 0.6 is 27.7 Å². The van der Waals surface area contributed by atoms with Gasteiger partial charge in [0.2, 0.25) is 17.7 Å². The molecule has 1 aliphatic rings. The van der Waals surface area contributed by atoms with Crippen molar-refractivity contribution in [2.75, 3.05) is 18.0 Å². The minimum Gasteiger partial charge on any atom is -0.472 e. The molecule has 0 spiro atoms. The van der Waals surface area contributed by atoms with E-state index in [0.717, 1.165) is 45.8 Å². The molecule has 30 heavy (non-hydrogen) atoms. The van der Waals surface area contributed by atoms with Crippen LogP contribution in [-0.2, 0) is 6.61 Å². The fraction of sp³-hybridized carbons (Fsp3) is 0.227. The van der Waals surface area contributed by atoms with E-state index >= 15 is 0 Å². The summed E-state index contributed by atoms with van der Waals surface area (Å²) in [6.45, 7) is 2.34. The zero-order valence-electron chi connectivity index (χ0n) is 16.3. The zero-order valence-corrected chi connectivity index (χ0v) is 18.7. The van der Waals surface area contributed by atoms with Crippen LogP contribution in [0.1, 0.15) is 28.8 Å². The SMILES string of the molecule is NC(=O)c1ccc(Sc2cnc(N3CCCC3)nc2OCc2cccc(Br)c2)cc1. The molecule has 0 unspecified atom stereocenters. The second kappa shape index (κ2) is 9.49. The van der Waals surface area contributed by atoms with E-state index in [4.69, 9.17) is 15.5 Å². The summed E-state index contributed by atoms with van der Waals surface area (Å²) in [7, 11) is 0. The summed E-state index contributed by atoms with van der Waals surface area (Å²) in [4.78, 5) is 24.5. The Balaban J connectivity index is 1.58. The van der Waals surface area contributed by atoms with E-state index in [1.54, 1.807) is 12.1 Å². The average molecular weight is 485 g/mol. The summed E-state index contributed by atoms with van der Waals surface area (Å²) in [6, 6.07) is 15.2. The second-order valence-electron chi connectivity index (χ2n) is 6.94. The van der Waals surface area contributed by atoms with Crippen molar-refractivity contribution in [3.05, 3.63) is 70.3 Å². The van der Waals surface area contributed by atoms with Gasteiger partial charge in [-0.25, -0.2) is 4.98 Å². The van der Waals surface area contributed by atoms with E-state index in [1.807, 2.05) is 42.6 Å². The van der Waals surface area contributed by atoms with Crippen molar-refractivity contribution in [2.24, 2.45) is 5.73 Å². The first kappa shape index (κ1) is 20.7. The molecule has 2 N–H and O–H groups in total. The average Bonchev–Trinajstić information content (AvgIpc) is 3.28. The molecule has 8 heteroatoms. The van der Waals surface area contributed by atoms with Gasteiger partial charge in [0.1, 0.15) is 6.61 Å². The molecule has 3 aromatic rings. The van der Waals surface area contributed by atoms with Crippen LogP contribution in [0.15, 0.2) is 69.0 Å². The maximum atomic E-state index is 11.3. The van der Waals surface area contributed by atoms with Crippen LogP contribution in [0.5, 0.6) is 5.88 Å². The number of rotatable bonds is 7. The largest absolute Gasteiger partial charge is 0.472 e. The summed E-state index contributed by atoms with van der Waals surface area (Å²) >= 11 is 4.99. The van der Waals surface area contributed by atoms with Gasteiger partial charge in [-0.1, -0.05) is 39.8 Å². The molecule has 154 valence electrons. The van der Waals surface area contributed by atoms with Crippen molar-refractivity contribution < 1.29 is 9.53 Å². The number of nitrogens with zero attached hydrogens (tertiary/aromatic N) is 3. The molecule has 0 saturated carbocycles. The number of aromatic nitrogens is 2. The van der Waals surface area contributed by atoms with Gasteiger partial charge in [-0.15, -0.1) is 0 Å². The number of ether oxygens (including phenoxy) is 1. The summed E-state index contributed by atoms with van der Waals surface area (Å²) in [6.07, 6.45) is 4.12. The fourth-order valence-corrected chi connectivity index (χ4v) is 4.45. The van der Waals surface area contributed by atoms with Crippen LogP contribution in [0.25, 0.3) is 0 Å². The van der Waals surface area contributed by atoms with E-state index in [9.17, 15) is 4.79 Å². The highest BCUT2D eigenvalue weighted by atomic mass is 79.9. The molecular weight excluding hydrogens is 464 g/mol. The number of hydrogen-bond donors (Lipinski definition) is 1. The molecule has 1 aromatic heterocycles. The number of hydrogen-bond acceptors (Lipinski definition) is 6. The summed E-state index contributed by atoms with van der Waals surface area (Å²) < 4.78 is 7.13. The highest BCUT2D eigenvalue weighted by Gasteiger charge is 2.18. The third-order valence-electron chi connectivity index (χ3n) is 4.73.